The maximum Gasteiger partial charge on any atom is 0.302 e. The van der Waals surface area contributed by atoms with E-state index < -0.39 is 0 Å². The summed E-state index contributed by atoms with van der Waals surface area (Å²) in [6.45, 7) is 6.68. The molecule has 0 N–H and O–H groups in total. The predicted octanol–water partition coefficient (Wildman–Crippen LogP) is 7.40. The van der Waals surface area contributed by atoms with E-state index in [2.05, 4.69) is 85.6 Å². The molecule has 3 saturated carbocycles. The molecule has 4 heteroatoms. The minimum Gasteiger partial charge on any atom is -0.462 e. The van der Waals surface area contributed by atoms with Crippen LogP contribution in [-0.4, -0.2) is 23.8 Å². The molecule has 1 aliphatic heterocycles. The minimum absolute atomic E-state index is 0.0622. The zero-order chi connectivity index (χ0) is 26.1. The molecule has 8 atom stereocenters. The van der Waals surface area contributed by atoms with E-state index in [0.717, 1.165) is 25.2 Å². The Morgan fingerprint density at radius 1 is 0.974 bits per heavy atom. The molecule has 38 heavy (non-hydrogen) atoms. The maximum atomic E-state index is 11.6. The van der Waals surface area contributed by atoms with Gasteiger partial charge in [-0.2, -0.15) is 5.10 Å². The van der Waals surface area contributed by atoms with Crippen LogP contribution in [0.15, 0.2) is 77.4 Å². The average molecular weight is 509 g/mol. The van der Waals surface area contributed by atoms with Crippen LogP contribution in [0.25, 0.3) is 0 Å². The van der Waals surface area contributed by atoms with E-state index in [0.29, 0.717) is 23.8 Å². The van der Waals surface area contributed by atoms with Crippen LogP contribution < -0.4 is 5.01 Å². The molecule has 8 unspecified atom stereocenters. The Balaban J connectivity index is 1.24. The normalized spacial score (nSPS) is 39.3. The van der Waals surface area contributed by atoms with Gasteiger partial charge in [0.1, 0.15) is 6.10 Å². The van der Waals surface area contributed by atoms with E-state index in [1.165, 1.54) is 42.6 Å². The summed E-state index contributed by atoms with van der Waals surface area (Å²) >= 11 is 0. The summed E-state index contributed by atoms with van der Waals surface area (Å²) in [4.78, 5) is 11.6. The first-order valence-electron chi connectivity index (χ1n) is 14.7. The summed E-state index contributed by atoms with van der Waals surface area (Å²) in [5.74, 6) is 2.44. The highest BCUT2D eigenvalue weighted by Crippen LogP contribution is 2.68. The van der Waals surface area contributed by atoms with Crippen molar-refractivity contribution < 1.29 is 9.53 Å². The molecule has 0 spiro atoms. The zero-order valence-electron chi connectivity index (χ0n) is 23.0. The lowest BCUT2D eigenvalue weighted by atomic mass is 9.47. The van der Waals surface area contributed by atoms with E-state index >= 15 is 0 Å². The first kappa shape index (κ1) is 24.2. The number of esters is 1. The van der Waals surface area contributed by atoms with Gasteiger partial charge in [0.2, 0.25) is 0 Å². The van der Waals surface area contributed by atoms with Gasteiger partial charge in [-0.3, -0.25) is 9.80 Å². The molecule has 198 valence electrons. The van der Waals surface area contributed by atoms with Gasteiger partial charge in [-0.15, -0.1) is 0 Å². The molecule has 1 heterocycles. The van der Waals surface area contributed by atoms with Gasteiger partial charge in [0.05, 0.1) is 17.4 Å². The molecule has 5 aliphatic rings. The lowest BCUT2D eigenvalue weighted by Crippen LogP contribution is -2.51. The van der Waals surface area contributed by atoms with Crippen molar-refractivity contribution in [3.8, 4) is 0 Å². The highest BCUT2D eigenvalue weighted by molar-refractivity contribution is 6.05. The number of hydrogen-bond donors (Lipinski definition) is 0. The molecule has 0 saturated heterocycles. The Morgan fingerprint density at radius 3 is 2.45 bits per heavy atom. The second-order valence-corrected chi connectivity index (χ2v) is 13.1. The molecule has 2 aromatic carbocycles. The van der Waals surface area contributed by atoms with Gasteiger partial charge in [-0.1, -0.05) is 74.0 Å². The first-order chi connectivity index (χ1) is 18.4. The van der Waals surface area contributed by atoms with Crippen molar-refractivity contribution in [2.45, 2.75) is 77.9 Å². The number of benzene rings is 2. The van der Waals surface area contributed by atoms with E-state index in [1.807, 2.05) is 0 Å². The summed E-state index contributed by atoms with van der Waals surface area (Å²) in [6.07, 6.45) is 10.6. The summed E-state index contributed by atoms with van der Waals surface area (Å²) in [5, 5.41) is 7.74. The number of carbonyl (C=O) groups excluding carboxylic acids is 1. The van der Waals surface area contributed by atoms with E-state index in [9.17, 15) is 4.79 Å². The number of hydrazone groups is 1. The third-order valence-corrected chi connectivity index (χ3v) is 11.3. The van der Waals surface area contributed by atoms with Gasteiger partial charge in [0, 0.05) is 19.3 Å². The van der Waals surface area contributed by atoms with Crippen LogP contribution in [0.5, 0.6) is 0 Å². The molecular weight excluding hydrogens is 468 g/mol. The molecule has 7 rings (SSSR count). The second-order valence-electron chi connectivity index (χ2n) is 13.1. The van der Waals surface area contributed by atoms with Gasteiger partial charge in [-0.25, -0.2) is 0 Å². The molecule has 4 nitrogen and oxygen atoms in total. The van der Waals surface area contributed by atoms with Crippen LogP contribution in [-0.2, 0) is 9.53 Å². The lowest BCUT2D eigenvalue weighted by molar-refractivity contribution is -0.148. The van der Waals surface area contributed by atoms with Crippen molar-refractivity contribution in [2.24, 2.45) is 39.6 Å². The number of rotatable bonds is 3. The summed E-state index contributed by atoms with van der Waals surface area (Å²) in [7, 11) is 0. The number of para-hydroxylation sites is 1. The van der Waals surface area contributed by atoms with E-state index in [-0.39, 0.29) is 22.9 Å². The Bertz CT molecular complexity index is 1290. The molecule has 2 aromatic rings. The van der Waals surface area contributed by atoms with Crippen molar-refractivity contribution in [3.05, 3.63) is 77.9 Å². The Kier molecular flexibility index (Phi) is 5.62. The smallest absolute Gasteiger partial charge is 0.302 e. The van der Waals surface area contributed by atoms with Gasteiger partial charge in [0.25, 0.3) is 0 Å². The molecule has 0 radical (unpaired) electrons. The van der Waals surface area contributed by atoms with Crippen LogP contribution in [0.1, 0.15) is 71.3 Å². The Morgan fingerprint density at radius 2 is 1.71 bits per heavy atom. The minimum atomic E-state index is -0.141. The number of nitrogens with zero attached hydrogens (tertiary/aromatic N) is 2. The highest BCUT2D eigenvalue weighted by Gasteiger charge is 2.64. The van der Waals surface area contributed by atoms with Crippen LogP contribution in [0.2, 0.25) is 0 Å². The van der Waals surface area contributed by atoms with Crippen LogP contribution in [0, 0.1) is 34.5 Å². The Labute approximate surface area is 227 Å². The number of ether oxygens (including phenoxy) is 1. The Hall–Kier alpha value is -2.88. The number of carbonyl (C=O) groups is 1. The van der Waals surface area contributed by atoms with Crippen molar-refractivity contribution in [2.75, 3.05) is 5.01 Å². The fourth-order valence-electron chi connectivity index (χ4n) is 9.64. The van der Waals surface area contributed by atoms with Crippen molar-refractivity contribution >= 4 is 17.4 Å². The second kappa shape index (κ2) is 8.83. The molecule has 3 fully saturated rings. The third kappa shape index (κ3) is 3.55. The third-order valence-electron chi connectivity index (χ3n) is 11.3. The van der Waals surface area contributed by atoms with E-state index in [4.69, 9.17) is 9.84 Å². The number of fused-ring (bicyclic) bond motifs is 7. The maximum absolute atomic E-state index is 11.6. The fourth-order valence-corrected chi connectivity index (χ4v) is 9.64. The predicted molar refractivity (Wildman–Crippen MR) is 152 cm³/mol. The monoisotopic (exact) mass is 508 g/mol. The van der Waals surface area contributed by atoms with Crippen LogP contribution in [0.3, 0.4) is 0 Å². The van der Waals surface area contributed by atoms with Gasteiger partial charge < -0.3 is 4.74 Å². The SMILES string of the molecule is CC(=O)OC1CCC2(C)C(=CCC3C2CCC2(C)C3CC3C2C(c2ccccc2)=NN3c2ccccc2)C1. The first-order valence-corrected chi connectivity index (χ1v) is 14.7. The summed E-state index contributed by atoms with van der Waals surface area (Å²) in [6, 6.07) is 22.2. The molecule has 0 bridgehead atoms. The average Bonchev–Trinajstić information content (AvgIpc) is 3.45. The molecule has 4 aliphatic carbocycles. The number of allylic oxidation sites excluding steroid dienone is 1. The van der Waals surface area contributed by atoms with Crippen molar-refractivity contribution in [1.82, 2.24) is 0 Å². The molecule has 0 amide bonds. The van der Waals surface area contributed by atoms with Crippen LogP contribution in [0.4, 0.5) is 5.69 Å². The molecule has 0 aromatic heterocycles. The summed E-state index contributed by atoms with van der Waals surface area (Å²) < 4.78 is 5.67. The quantitative estimate of drug-likeness (QED) is 0.320. The van der Waals surface area contributed by atoms with Gasteiger partial charge in [0.15, 0.2) is 0 Å². The van der Waals surface area contributed by atoms with Gasteiger partial charge >= 0.3 is 5.97 Å². The van der Waals surface area contributed by atoms with Gasteiger partial charge in [-0.05, 0) is 84.8 Å². The number of hydrogen-bond acceptors (Lipinski definition) is 4. The van der Waals surface area contributed by atoms with E-state index in [1.54, 1.807) is 12.5 Å². The van der Waals surface area contributed by atoms with Crippen LogP contribution >= 0.6 is 0 Å². The lowest BCUT2D eigenvalue weighted by Gasteiger charge is -2.58. The fraction of sp³-hybridized carbons (Fsp3) is 0.529. The largest absolute Gasteiger partial charge is 0.462 e. The standard InChI is InChI=1S/C34H40N2O2/c1-22(37)38-26-16-18-33(2)24(20-26)14-15-27-28(33)17-19-34(3)29(27)21-30-31(34)32(23-10-6-4-7-11-23)35-36(30)25-12-8-5-9-13-25/h4-14,26-31H,15-21H2,1-3H3. The van der Waals surface area contributed by atoms with Crippen molar-refractivity contribution in [1.29, 1.82) is 0 Å². The topological polar surface area (TPSA) is 41.9 Å². The highest BCUT2D eigenvalue weighted by atomic mass is 16.5. The zero-order valence-corrected chi connectivity index (χ0v) is 23.0. The summed E-state index contributed by atoms with van der Waals surface area (Å²) in [5.41, 5.74) is 5.85. The molecular formula is C34H40N2O2. The number of anilines is 1. The van der Waals surface area contributed by atoms with Crippen molar-refractivity contribution in [3.63, 3.8) is 0 Å².